The predicted molar refractivity (Wildman–Crippen MR) is 73.7 cm³/mol. The Balaban J connectivity index is 2.76. The van der Waals surface area contributed by atoms with Gasteiger partial charge in [0.05, 0.1) is 5.56 Å². The number of phenols is 1. The number of aromatic hydroxyl groups is 1. The first-order chi connectivity index (χ1) is 9.08. The molecule has 4 heteroatoms. The van der Waals surface area contributed by atoms with Crippen LogP contribution >= 0.6 is 0 Å². The van der Waals surface area contributed by atoms with Crippen molar-refractivity contribution in [3.8, 4) is 5.75 Å². The van der Waals surface area contributed by atoms with Gasteiger partial charge in [0.1, 0.15) is 11.3 Å². The monoisotopic (exact) mass is 259 g/mol. The fraction of sp³-hybridized carbons (Fsp3) is 0.333. The first-order valence-corrected chi connectivity index (χ1v) is 6.44. The fourth-order valence-electron chi connectivity index (χ4n) is 2.35. The van der Waals surface area contributed by atoms with Crippen LogP contribution in [0.4, 0.5) is 0 Å². The van der Waals surface area contributed by atoms with Crippen LogP contribution in [0.1, 0.15) is 48.7 Å². The quantitative estimate of drug-likeness (QED) is 0.881. The van der Waals surface area contributed by atoms with E-state index >= 15 is 0 Å². The Kier molecular flexibility index (Phi) is 3.69. The molecule has 0 aliphatic carbocycles. The molecule has 0 atom stereocenters. The Morgan fingerprint density at radius 2 is 2.00 bits per heavy atom. The van der Waals surface area contributed by atoms with Crippen molar-refractivity contribution in [3.05, 3.63) is 35.5 Å². The first-order valence-electron chi connectivity index (χ1n) is 6.44. The van der Waals surface area contributed by atoms with Crippen LogP contribution in [-0.2, 0) is 0 Å². The largest absolute Gasteiger partial charge is 0.506 e. The third-order valence-electron chi connectivity index (χ3n) is 3.47. The highest BCUT2D eigenvalue weighted by Gasteiger charge is 2.17. The van der Waals surface area contributed by atoms with Gasteiger partial charge in [-0.15, -0.1) is 0 Å². The molecule has 2 N–H and O–H groups in total. The van der Waals surface area contributed by atoms with Gasteiger partial charge in [-0.25, -0.2) is 9.78 Å². The van der Waals surface area contributed by atoms with Crippen LogP contribution in [0.5, 0.6) is 5.75 Å². The summed E-state index contributed by atoms with van der Waals surface area (Å²) in [5.74, 6) is -0.764. The summed E-state index contributed by atoms with van der Waals surface area (Å²) in [6.07, 6.45) is 1.78. The zero-order valence-corrected chi connectivity index (χ0v) is 11.1. The van der Waals surface area contributed by atoms with E-state index in [-0.39, 0.29) is 17.2 Å². The summed E-state index contributed by atoms with van der Waals surface area (Å²) in [6.45, 7) is 4.09. The topological polar surface area (TPSA) is 70.4 Å². The van der Waals surface area contributed by atoms with Crippen molar-refractivity contribution in [2.45, 2.75) is 32.6 Å². The van der Waals surface area contributed by atoms with E-state index in [4.69, 9.17) is 0 Å². The number of aromatic nitrogens is 1. The second kappa shape index (κ2) is 5.26. The molecule has 0 aliphatic rings. The first kappa shape index (κ1) is 13.3. The predicted octanol–water partition coefficient (Wildman–Crippen LogP) is 3.54. The van der Waals surface area contributed by atoms with E-state index in [1.54, 1.807) is 18.2 Å². The summed E-state index contributed by atoms with van der Waals surface area (Å²) in [4.78, 5) is 15.8. The Morgan fingerprint density at radius 3 is 2.58 bits per heavy atom. The molecule has 2 aromatic rings. The minimum absolute atomic E-state index is 0.0211. The van der Waals surface area contributed by atoms with E-state index < -0.39 is 5.97 Å². The maximum Gasteiger partial charge on any atom is 0.336 e. The molecule has 2 rings (SSSR count). The van der Waals surface area contributed by atoms with E-state index in [2.05, 4.69) is 4.98 Å². The molecule has 0 bridgehead atoms. The minimum Gasteiger partial charge on any atom is -0.506 e. The average molecular weight is 259 g/mol. The Morgan fingerprint density at radius 1 is 1.32 bits per heavy atom. The molecule has 0 spiro atoms. The number of benzene rings is 1. The number of hydrogen-bond acceptors (Lipinski definition) is 3. The number of pyridine rings is 1. The summed E-state index contributed by atoms with van der Waals surface area (Å²) >= 11 is 0. The van der Waals surface area contributed by atoms with Gasteiger partial charge >= 0.3 is 5.97 Å². The molecule has 19 heavy (non-hydrogen) atoms. The van der Waals surface area contributed by atoms with E-state index in [1.807, 2.05) is 13.8 Å². The molecule has 0 aliphatic heterocycles. The van der Waals surface area contributed by atoms with Crippen LogP contribution in [0.25, 0.3) is 10.9 Å². The lowest BCUT2D eigenvalue weighted by Gasteiger charge is -2.14. The van der Waals surface area contributed by atoms with Gasteiger partial charge in [0.15, 0.2) is 0 Å². The highest BCUT2D eigenvalue weighted by Crippen LogP contribution is 2.30. The third kappa shape index (κ3) is 2.38. The maximum atomic E-state index is 11.4. The molecule has 4 nitrogen and oxygen atoms in total. The van der Waals surface area contributed by atoms with E-state index in [9.17, 15) is 15.0 Å². The number of carbonyl (C=O) groups is 1. The van der Waals surface area contributed by atoms with Gasteiger partial charge in [-0.2, -0.15) is 0 Å². The van der Waals surface area contributed by atoms with Gasteiger partial charge in [-0.3, -0.25) is 0 Å². The normalized spacial score (nSPS) is 11.1. The van der Waals surface area contributed by atoms with Crippen LogP contribution < -0.4 is 0 Å². The molecule has 1 heterocycles. The van der Waals surface area contributed by atoms with Crippen LogP contribution in [-0.4, -0.2) is 21.2 Å². The molecule has 100 valence electrons. The number of rotatable bonds is 4. The number of para-hydroxylation sites is 1. The van der Waals surface area contributed by atoms with E-state index in [0.29, 0.717) is 10.9 Å². The second-order valence-electron chi connectivity index (χ2n) is 4.59. The standard InChI is InChI=1S/C15H17NO3/c1-3-9(4-2)12-8-11(15(18)19)10-6-5-7-13(17)14(10)16-12/h5-9,17H,3-4H2,1-2H3,(H,18,19). The number of aromatic carboxylic acids is 1. The van der Waals surface area contributed by atoms with E-state index in [0.717, 1.165) is 18.5 Å². The molecule has 0 amide bonds. The molecular weight excluding hydrogens is 242 g/mol. The summed E-state index contributed by atoms with van der Waals surface area (Å²) in [7, 11) is 0. The summed E-state index contributed by atoms with van der Waals surface area (Å²) in [5, 5.41) is 19.7. The highest BCUT2D eigenvalue weighted by molar-refractivity contribution is 6.04. The SMILES string of the molecule is CCC(CC)c1cc(C(=O)O)c2cccc(O)c2n1. The van der Waals surface area contributed by atoms with Crippen molar-refractivity contribution in [2.24, 2.45) is 0 Å². The van der Waals surface area contributed by atoms with Gasteiger partial charge in [0.25, 0.3) is 0 Å². The molecule has 0 unspecified atom stereocenters. The zero-order chi connectivity index (χ0) is 14.0. The van der Waals surface area contributed by atoms with E-state index in [1.165, 1.54) is 6.07 Å². The second-order valence-corrected chi connectivity index (χ2v) is 4.59. The van der Waals surface area contributed by atoms with Gasteiger partial charge in [0.2, 0.25) is 0 Å². The molecule has 0 saturated heterocycles. The number of carboxylic acid groups (broad SMARTS) is 1. The number of nitrogens with zero attached hydrogens (tertiary/aromatic N) is 1. The van der Waals surface area contributed by atoms with Crippen molar-refractivity contribution in [1.29, 1.82) is 0 Å². The smallest absolute Gasteiger partial charge is 0.336 e. The van der Waals surface area contributed by atoms with Crippen molar-refractivity contribution in [1.82, 2.24) is 4.98 Å². The van der Waals surface area contributed by atoms with Crippen molar-refractivity contribution >= 4 is 16.9 Å². The van der Waals surface area contributed by atoms with Gasteiger partial charge < -0.3 is 10.2 Å². The van der Waals surface area contributed by atoms with Crippen LogP contribution in [0.3, 0.4) is 0 Å². The maximum absolute atomic E-state index is 11.4. The summed E-state index contributed by atoms with van der Waals surface area (Å²) < 4.78 is 0. The molecule has 0 fully saturated rings. The Labute approximate surface area is 111 Å². The molecule has 1 aromatic carbocycles. The molecule has 1 aromatic heterocycles. The molecule has 0 radical (unpaired) electrons. The van der Waals surface area contributed by atoms with Crippen molar-refractivity contribution in [2.75, 3.05) is 0 Å². The van der Waals surface area contributed by atoms with Crippen LogP contribution in [0, 0.1) is 0 Å². The van der Waals surface area contributed by atoms with Crippen molar-refractivity contribution < 1.29 is 15.0 Å². The summed E-state index contributed by atoms with van der Waals surface area (Å²) in [6, 6.07) is 6.45. The van der Waals surface area contributed by atoms with Crippen LogP contribution in [0.2, 0.25) is 0 Å². The van der Waals surface area contributed by atoms with Gasteiger partial charge in [-0.1, -0.05) is 26.0 Å². The lowest BCUT2D eigenvalue weighted by atomic mass is 9.96. The number of phenolic OH excluding ortho intramolecular Hbond substituents is 1. The Hall–Kier alpha value is -2.10. The third-order valence-corrected chi connectivity index (χ3v) is 3.47. The molecular formula is C15H17NO3. The average Bonchev–Trinajstić information content (AvgIpc) is 2.40. The number of carboxylic acids is 1. The fourth-order valence-corrected chi connectivity index (χ4v) is 2.35. The number of fused-ring (bicyclic) bond motifs is 1. The highest BCUT2D eigenvalue weighted by atomic mass is 16.4. The van der Waals surface area contributed by atoms with Gasteiger partial charge in [0, 0.05) is 17.0 Å². The van der Waals surface area contributed by atoms with Crippen molar-refractivity contribution in [3.63, 3.8) is 0 Å². The van der Waals surface area contributed by atoms with Crippen LogP contribution in [0.15, 0.2) is 24.3 Å². The Bertz CT molecular complexity index is 618. The van der Waals surface area contributed by atoms with Gasteiger partial charge in [-0.05, 0) is 25.0 Å². The summed E-state index contributed by atoms with van der Waals surface area (Å²) in [5.41, 5.74) is 1.29. The number of hydrogen-bond donors (Lipinski definition) is 2. The molecule has 0 saturated carbocycles. The lowest BCUT2D eigenvalue weighted by molar-refractivity contribution is 0.0699. The minimum atomic E-state index is -0.995. The lowest BCUT2D eigenvalue weighted by Crippen LogP contribution is -2.05. The zero-order valence-electron chi connectivity index (χ0n) is 11.1.